The average molecular weight is 436 g/mol. The third-order valence-electron chi connectivity index (χ3n) is 4.79. The molecule has 1 aromatic carbocycles. The topological polar surface area (TPSA) is 78.1 Å². The number of rotatable bonds is 5. The van der Waals surface area contributed by atoms with Crippen molar-refractivity contribution in [1.29, 1.82) is 0 Å². The Balaban J connectivity index is 1.54. The minimum Gasteiger partial charge on any atom is -0.454 e. The van der Waals surface area contributed by atoms with E-state index in [0.29, 0.717) is 23.4 Å². The lowest BCUT2D eigenvalue weighted by Gasteiger charge is -2.09. The van der Waals surface area contributed by atoms with E-state index in [0.717, 1.165) is 35.9 Å². The van der Waals surface area contributed by atoms with Gasteiger partial charge in [-0.15, -0.1) is 11.3 Å². The number of nitrogen functional groups attached to an aromatic ring is 1. The van der Waals surface area contributed by atoms with Gasteiger partial charge in [0, 0.05) is 9.77 Å². The molecule has 1 aliphatic rings. The van der Waals surface area contributed by atoms with Gasteiger partial charge >= 0.3 is 5.97 Å². The molecule has 0 radical (unpaired) electrons. The van der Waals surface area contributed by atoms with Gasteiger partial charge in [0.2, 0.25) is 0 Å². The molecular formula is C20H19F2N3O2S2. The molecule has 2 aromatic heterocycles. The number of thioether (sulfide) groups is 1. The minimum absolute atomic E-state index is 0.0923. The maximum absolute atomic E-state index is 12.7. The van der Waals surface area contributed by atoms with Crippen molar-refractivity contribution in [2.45, 2.75) is 49.4 Å². The van der Waals surface area contributed by atoms with Crippen LogP contribution in [-0.2, 0) is 24.2 Å². The third-order valence-corrected chi connectivity index (χ3v) is 6.77. The molecule has 0 spiro atoms. The molecule has 4 rings (SSSR count). The fraction of sp³-hybridized carbons (Fsp3) is 0.350. The van der Waals surface area contributed by atoms with Gasteiger partial charge in [-0.05, 0) is 43.4 Å². The summed E-state index contributed by atoms with van der Waals surface area (Å²) in [4.78, 5) is 23.5. The first-order valence-electron chi connectivity index (χ1n) is 9.30. The number of nitrogens with two attached hydrogens (primary N) is 1. The number of halogens is 2. The molecule has 1 aliphatic carbocycles. The number of carbonyl (C=O) groups excluding carboxylic acids is 1. The molecular weight excluding hydrogens is 416 g/mol. The monoisotopic (exact) mass is 435 g/mol. The zero-order valence-electron chi connectivity index (χ0n) is 15.5. The van der Waals surface area contributed by atoms with Crippen molar-refractivity contribution in [1.82, 2.24) is 9.97 Å². The van der Waals surface area contributed by atoms with E-state index < -0.39 is 11.7 Å². The highest BCUT2D eigenvalue weighted by atomic mass is 32.2. The standard InChI is InChI=1S/C20H19F2N3O2S2/c21-20(22)29-14-9-5-4-7-12(14)19(26)27-10-15-24-17(23)16-11-6-2-1-3-8-13(11)28-18(16)25-15/h4-5,7,9,20H,1-3,6,8,10H2,(H2,23,24,25). The number of fused-ring (bicyclic) bond motifs is 3. The highest BCUT2D eigenvalue weighted by Gasteiger charge is 2.20. The molecule has 152 valence electrons. The van der Waals surface area contributed by atoms with Gasteiger partial charge in [-0.1, -0.05) is 30.3 Å². The second-order valence-electron chi connectivity index (χ2n) is 6.72. The predicted octanol–water partition coefficient (Wildman–Crippen LogP) is 5.21. The summed E-state index contributed by atoms with van der Waals surface area (Å²) in [5.41, 5.74) is 7.55. The summed E-state index contributed by atoms with van der Waals surface area (Å²) in [7, 11) is 0. The number of carbonyl (C=O) groups is 1. The molecule has 9 heteroatoms. The molecule has 0 atom stereocenters. The fourth-order valence-electron chi connectivity index (χ4n) is 3.51. The van der Waals surface area contributed by atoms with E-state index in [2.05, 4.69) is 9.97 Å². The van der Waals surface area contributed by atoms with Crippen LogP contribution in [0.25, 0.3) is 10.2 Å². The first kappa shape index (κ1) is 20.0. The van der Waals surface area contributed by atoms with Crippen LogP contribution in [0.1, 0.15) is 45.9 Å². The van der Waals surface area contributed by atoms with Crippen molar-refractivity contribution in [3.8, 4) is 0 Å². The highest BCUT2D eigenvalue weighted by Crippen LogP contribution is 2.37. The molecule has 0 saturated carbocycles. The molecule has 0 saturated heterocycles. The van der Waals surface area contributed by atoms with Crippen LogP contribution >= 0.6 is 23.1 Å². The molecule has 2 heterocycles. The van der Waals surface area contributed by atoms with Gasteiger partial charge in [-0.2, -0.15) is 8.78 Å². The third kappa shape index (κ3) is 4.35. The number of hydrogen-bond acceptors (Lipinski definition) is 7. The molecule has 0 unspecified atom stereocenters. The summed E-state index contributed by atoms with van der Waals surface area (Å²) < 4.78 is 30.7. The lowest BCUT2D eigenvalue weighted by molar-refractivity contribution is 0.0458. The number of alkyl halides is 2. The predicted molar refractivity (Wildman–Crippen MR) is 111 cm³/mol. The zero-order chi connectivity index (χ0) is 20.4. The Morgan fingerprint density at radius 1 is 1.21 bits per heavy atom. The van der Waals surface area contributed by atoms with Crippen LogP contribution in [0.4, 0.5) is 14.6 Å². The SMILES string of the molecule is Nc1nc(COC(=O)c2ccccc2SC(F)F)nc2sc3c(c12)CCCCC3. The largest absolute Gasteiger partial charge is 0.454 e. The minimum atomic E-state index is -2.62. The smallest absolute Gasteiger partial charge is 0.339 e. The van der Waals surface area contributed by atoms with Crippen molar-refractivity contribution in [2.24, 2.45) is 0 Å². The Hall–Kier alpha value is -2.26. The maximum Gasteiger partial charge on any atom is 0.339 e. The van der Waals surface area contributed by atoms with Crippen molar-refractivity contribution in [2.75, 3.05) is 5.73 Å². The second-order valence-corrected chi connectivity index (χ2v) is 8.84. The quantitative estimate of drug-likeness (QED) is 0.337. The Morgan fingerprint density at radius 3 is 2.83 bits per heavy atom. The van der Waals surface area contributed by atoms with E-state index in [-0.39, 0.29) is 17.1 Å². The number of hydrogen-bond donors (Lipinski definition) is 1. The van der Waals surface area contributed by atoms with Crippen LogP contribution in [0, 0.1) is 0 Å². The molecule has 0 bridgehead atoms. The molecule has 0 fully saturated rings. The van der Waals surface area contributed by atoms with Gasteiger partial charge < -0.3 is 10.5 Å². The summed E-state index contributed by atoms with van der Waals surface area (Å²) in [6.45, 7) is -0.171. The fourth-order valence-corrected chi connectivity index (χ4v) is 5.43. The number of aromatic nitrogens is 2. The van der Waals surface area contributed by atoms with Gasteiger partial charge in [0.25, 0.3) is 5.76 Å². The number of ether oxygens (including phenoxy) is 1. The summed E-state index contributed by atoms with van der Waals surface area (Å²) in [6.07, 6.45) is 5.51. The maximum atomic E-state index is 12.7. The number of esters is 1. The van der Waals surface area contributed by atoms with Crippen molar-refractivity contribution >= 4 is 45.1 Å². The zero-order valence-corrected chi connectivity index (χ0v) is 17.1. The van der Waals surface area contributed by atoms with Gasteiger partial charge in [-0.25, -0.2) is 14.8 Å². The van der Waals surface area contributed by atoms with Crippen LogP contribution in [-0.4, -0.2) is 21.7 Å². The van der Waals surface area contributed by atoms with Gasteiger partial charge in [0.05, 0.1) is 10.9 Å². The van der Waals surface area contributed by atoms with Crippen LogP contribution in [0.15, 0.2) is 29.2 Å². The molecule has 3 aromatic rings. The summed E-state index contributed by atoms with van der Waals surface area (Å²) in [6, 6.07) is 6.12. The molecule has 0 aliphatic heterocycles. The lowest BCUT2D eigenvalue weighted by atomic mass is 10.1. The normalized spacial score (nSPS) is 14.0. The number of anilines is 1. The van der Waals surface area contributed by atoms with Crippen molar-refractivity contribution < 1.29 is 18.3 Å². The summed E-state index contributed by atoms with van der Waals surface area (Å²) in [5, 5.41) is 0.917. The Bertz CT molecular complexity index is 1060. The number of nitrogens with zero attached hydrogens (tertiary/aromatic N) is 2. The lowest BCUT2D eigenvalue weighted by Crippen LogP contribution is -2.10. The molecule has 5 nitrogen and oxygen atoms in total. The van der Waals surface area contributed by atoms with Crippen LogP contribution in [0.5, 0.6) is 0 Å². The first-order chi connectivity index (χ1) is 14.0. The molecule has 29 heavy (non-hydrogen) atoms. The first-order valence-corrected chi connectivity index (χ1v) is 11.0. The van der Waals surface area contributed by atoms with E-state index >= 15 is 0 Å². The van der Waals surface area contributed by atoms with E-state index in [1.54, 1.807) is 23.5 Å². The average Bonchev–Trinajstić information content (AvgIpc) is 2.88. The van der Waals surface area contributed by atoms with E-state index in [1.807, 2.05) is 0 Å². The Labute approximate surface area is 174 Å². The summed E-state index contributed by atoms with van der Waals surface area (Å²) in [5.74, 6) is -2.62. The summed E-state index contributed by atoms with van der Waals surface area (Å²) >= 11 is 1.94. The van der Waals surface area contributed by atoms with Crippen LogP contribution < -0.4 is 5.73 Å². The highest BCUT2D eigenvalue weighted by molar-refractivity contribution is 7.99. The van der Waals surface area contributed by atoms with E-state index in [4.69, 9.17) is 10.5 Å². The van der Waals surface area contributed by atoms with Crippen LogP contribution in [0.3, 0.4) is 0 Å². The van der Waals surface area contributed by atoms with Gasteiger partial charge in [0.15, 0.2) is 12.4 Å². The number of benzene rings is 1. The molecule has 2 N–H and O–H groups in total. The number of aryl methyl sites for hydroxylation is 2. The molecule has 0 amide bonds. The van der Waals surface area contributed by atoms with Crippen molar-refractivity contribution in [3.05, 3.63) is 46.1 Å². The van der Waals surface area contributed by atoms with Crippen LogP contribution in [0.2, 0.25) is 0 Å². The van der Waals surface area contributed by atoms with E-state index in [1.165, 1.54) is 29.0 Å². The second kappa shape index (κ2) is 8.62. The Morgan fingerprint density at radius 2 is 2.00 bits per heavy atom. The van der Waals surface area contributed by atoms with Crippen molar-refractivity contribution in [3.63, 3.8) is 0 Å². The van der Waals surface area contributed by atoms with Gasteiger partial charge in [0.1, 0.15) is 10.6 Å². The van der Waals surface area contributed by atoms with E-state index in [9.17, 15) is 13.6 Å². The van der Waals surface area contributed by atoms with Gasteiger partial charge in [-0.3, -0.25) is 0 Å². The number of thiophene rings is 1. The Kier molecular flexibility index (Phi) is 5.96.